The van der Waals surface area contributed by atoms with Crippen LogP contribution >= 0.6 is 0 Å². The highest BCUT2D eigenvalue weighted by molar-refractivity contribution is 5.48. The van der Waals surface area contributed by atoms with Crippen LogP contribution in [0.5, 0.6) is 0 Å². The number of likely N-dealkylation sites (N-methyl/N-ethyl adjacent to an activating group) is 1. The van der Waals surface area contributed by atoms with Crippen LogP contribution < -0.4 is 4.90 Å². The largest absolute Gasteiger partial charge is 0.417 e. The molecule has 4 nitrogen and oxygen atoms in total. The van der Waals surface area contributed by atoms with Gasteiger partial charge in [-0.3, -0.25) is 0 Å². The van der Waals surface area contributed by atoms with E-state index in [0.717, 1.165) is 12.3 Å². The molecule has 0 atom stereocenters. The first-order valence-electron chi connectivity index (χ1n) is 7.61. The van der Waals surface area contributed by atoms with Crippen molar-refractivity contribution in [2.24, 2.45) is 0 Å². The topological polar surface area (TPSA) is 60.1 Å². The monoisotopic (exact) mass is 333 g/mol. The summed E-state index contributed by atoms with van der Waals surface area (Å²) in [7, 11) is 1.50. The molecule has 0 saturated heterocycles. The van der Waals surface area contributed by atoms with Crippen LogP contribution in [0, 0.1) is 11.3 Å². The molecule has 1 rings (SSSR count). The average molecular weight is 333 g/mol. The fraction of sp³-hybridized carbons (Fsp3) is 0.625. The number of rotatable bonds is 4. The Morgan fingerprint density at radius 2 is 1.78 bits per heavy atom. The number of halogens is 3. The lowest BCUT2D eigenvalue weighted by molar-refractivity contribution is -0.137. The first-order valence-corrected chi connectivity index (χ1v) is 7.61. The van der Waals surface area contributed by atoms with Crippen LogP contribution in [-0.2, 0) is 6.18 Å². The molecule has 0 unspecified atom stereocenters. The van der Waals surface area contributed by atoms with Gasteiger partial charge < -0.3 is 10.0 Å². The summed E-state index contributed by atoms with van der Waals surface area (Å²) in [4.78, 5) is 5.11. The predicted octanol–water partition coefficient (Wildman–Crippen LogP) is 4.23. The number of aliphatic hydroxyl groups is 1. The predicted molar refractivity (Wildman–Crippen MR) is 86.2 cm³/mol. The molecule has 0 saturated carbocycles. The van der Waals surface area contributed by atoms with Crippen molar-refractivity contribution < 1.29 is 18.3 Å². The second kappa shape index (κ2) is 12.7. The molecule has 1 heterocycles. The summed E-state index contributed by atoms with van der Waals surface area (Å²) in [6.07, 6.45) is -1.07. The number of anilines is 1. The Balaban J connectivity index is 0. The molecule has 0 aliphatic rings. The molecule has 0 aliphatic heterocycles. The number of hydrogen-bond donors (Lipinski definition) is 1. The van der Waals surface area contributed by atoms with Gasteiger partial charge in [-0.25, -0.2) is 4.98 Å². The van der Waals surface area contributed by atoms with E-state index in [-0.39, 0.29) is 19.0 Å². The minimum atomic E-state index is -4.59. The number of nitrogens with zero attached hydrogens (tertiary/aromatic N) is 3. The molecule has 0 radical (unpaired) electrons. The van der Waals surface area contributed by atoms with Gasteiger partial charge in [0.05, 0.1) is 17.7 Å². The molecule has 1 N–H and O–H groups in total. The number of nitriles is 1. The summed E-state index contributed by atoms with van der Waals surface area (Å²) in [6, 6.07) is 2.25. The van der Waals surface area contributed by atoms with Gasteiger partial charge in [0.15, 0.2) is 0 Å². The molecule has 23 heavy (non-hydrogen) atoms. The molecule has 0 fully saturated rings. The molecule has 132 valence electrons. The molecule has 0 aromatic carbocycles. The Labute approximate surface area is 136 Å². The van der Waals surface area contributed by atoms with Crippen LogP contribution in [0.25, 0.3) is 0 Å². The maximum Gasteiger partial charge on any atom is 0.417 e. The third-order valence-electron chi connectivity index (χ3n) is 2.64. The van der Waals surface area contributed by atoms with Crippen LogP contribution in [0.4, 0.5) is 19.0 Å². The van der Waals surface area contributed by atoms with E-state index in [1.807, 2.05) is 13.8 Å². The summed E-state index contributed by atoms with van der Waals surface area (Å²) in [5.74, 6) is 0.0605. The first kappa shape index (κ1) is 23.5. The normalized spacial score (nSPS) is 9.74. The number of alkyl halides is 3. The summed E-state index contributed by atoms with van der Waals surface area (Å²) >= 11 is 0. The van der Waals surface area contributed by atoms with E-state index in [0.29, 0.717) is 0 Å². The molecule has 1 aromatic heterocycles. The Bertz CT molecular complexity index is 469. The highest BCUT2D eigenvalue weighted by atomic mass is 19.4. The third kappa shape index (κ3) is 9.04. The summed E-state index contributed by atoms with van der Waals surface area (Å²) in [6.45, 7) is 8.33. The number of aromatic nitrogens is 1. The van der Waals surface area contributed by atoms with Crippen molar-refractivity contribution in [3.05, 3.63) is 23.4 Å². The molecular weight excluding hydrogens is 307 g/mol. The van der Waals surface area contributed by atoms with Crippen molar-refractivity contribution in [3.8, 4) is 6.07 Å². The van der Waals surface area contributed by atoms with Crippen LogP contribution in [-0.4, -0.2) is 30.3 Å². The van der Waals surface area contributed by atoms with Crippen LogP contribution in [0.1, 0.15) is 51.7 Å². The highest BCUT2D eigenvalue weighted by Crippen LogP contribution is 2.33. The molecule has 0 aliphatic carbocycles. The molecule has 0 bridgehead atoms. The van der Waals surface area contributed by atoms with Gasteiger partial charge in [-0.15, -0.1) is 0 Å². The average Bonchev–Trinajstić information content (AvgIpc) is 2.55. The lowest BCUT2D eigenvalue weighted by Crippen LogP contribution is -2.23. The fourth-order valence-electron chi connectivity index (χ4n) is 1.24. The molecule has 7 heteroatoms. The smallest absolute Gasteiger partial charge is 0.395 e. The first-order chi connectivity index (χ1) is 10.8. The minimum Gasteiger partial charge on any atom is -0.395 e. The zero-order valence-corrected chi connectivity index (χ0v) is 14.4. The zero-order chi connectivity index (χ0) is 18.5. The van der Waals surface area contributed by atoms with Crippen LogP contribution in [0.15, 0.2) is 12.3 Å². The second-order valence-electron chi connectivity index (χ2n) is 4.34. The lowest BCUT2D eigenvalue weighted by atomic mass is 10.1. The third-order valence-corrected chi connectivity index (χ3v) is 2.64. The highest BCUT2D eigenvalue weighted by Gasteiger charge is 2.34. The molecule has 1 aromatic rings. The summed E-state index contributed by atoms with van der Waals surface area (Å²) in [5.41, 5.74) is -1.53. The number of hydrogen-bond acceptors (Lipinski definition) is 4. The van der Waals surface area contributed by atoms with Crippen molar-refractivity contribution in [1.82, 2.24) is 4.98 Å². The van der Waals surface area contributed by atoms with E-state index >= 15 is 0 Å². The van der Waals surface area contributed by atoms with Crippen molar-refractivity contribution in [2.75, 3.05) is 25.1 Å². The maximum absolute atomic E-state index is 12.6. The van der Waals surface area contributed by atoms with Gasteiger partial charge in [0.2, 0.25) is 0 Å². The number of aliphatic hydroxyl groups excluding tert-OH is 1. The van der Waals surface area contributed by atoms with Crippen molar-refractivity contribution in [2.45, 2.75) is 46.7 Å². The van der Waals surface area contributed by atoms with Crippen molar-refractivity contribution in [3.63, 3.8) is 0 Å². The molecular formula is C16H26F3N3O. The van der Waals surface area contributed by atoms with Gasteiger partial charge in [-0.1, -0.05) is 40.5 Å². The Morgan fingerprint density at radius 1 is 1.26 bits per heavy atom. The standard InChI is InChI=1S/C10H10F3N3O.C4H10.C2H6/c1-16(2-3-17)9-4-8(10(11,12)13)7(5-14)6-15-9;1-3-4-2;1-2/h4,6,17H,2-3H2,1H3;3-4H2,1-2H3;1-2H3. The van der Waals surface area contributed by atoms with Crippen LogP contribution in [0.3, 0.4) is 0 Å². The van der Waals surface area contributed by atoms with Crippen molar-refractivity contribution >= 4 is 5.82 Å². The molecule has 0 spiro atoms. The SMILES string of the molecule is CC.CCCC.CN(CCO)c1cc(C(F)(F)F)c(C#N)cn1. The van der Waals surface area contributed by atoms with E-state index in [1.165, 1.54) is 30.9 Å². The Morgan fingerprint density at radius 3 is 2.13 bits per heavy atom. The Hall–Kier alpha value is -1.81. The van der Waals surface area contributed by atoms with Gasteiger partial charge in [0.25, 0.3) is 0 Å². The van der Waals surface area contributed by atoms with Crippen molar-refractivity contribution in [1.29, 1.82) is 5.26 Å². The van der Waals surface area contributed by atoms with Gasteiger partial charge in [0, 0.05) is 19.8 Å². The number of unbranched alkanes of at least 4 members (excludes halogenated alkanes) is 1. The van der Waals surface area contributed by atoms with E-state index < -0.39 is 17.3 Å². The quantitative estimate of drug-likeness (QED) is 0.895. The molecule has 0 amide bonds. The van der Waals surface area contributed by atoms with E-state index in [1.54, 1.807) is 0 Å². The summed E-state index contributed by atoms with van der Waals surface area (Å²) < 4.78 is 37.9. The van der Waals surface area contributed by atoms with Gasteiger partial charge >= 0.3 is 6.18 Å². The Kier molecular flexibility index (Phi) is 13.0. The maximum atomic E-state index is 12.6. The van der Waals surface area contributed by atoms with E-state index in [4.69, 9.17) is 10.4 Å². The van der Waals surface area contributed by atoms with Gasteiger partial charge in [0.1, 0.15) is 11.9 Å². The van der Waals surface area contributed by atoms with Gasteiger partial charge in [-0.2, -0.15) is 18.4 Å². The van der Waals surface area contributed by atoms with Gasteiger partial charge in [-0.05, 0) is 6.07 Å². The zero-order valence-electron chi connectivity index (χ0n) is 14.4. The minimum absolute atomic E-state index is 0.0605. The summed E-state index contributed by atoms with van der Waals surface area (Å²) in [5, 5.41) is 17.3. The van der Waals surface area contributed by atoms with E-state index in [2.05, 4.69) is 18.8 Å². The number of pyridine rings is 1. The van der Waals surface area contributed by atoms with E-state index in [9.17, 15) is 13.2 Å². The fourth-order valence-corrected chi connectivity index (χ4v) is 1.24. The lowest BCUT2D eigenvalue weighted by Gasteiger charge is -2.18. The van der Waals surface area contributed by atoms with Crippen LogP contribution in [0.2, 0.25) is 0 Å². The second-order valence-corrected chi connectivity index (χ2v) is 4.34.